The lowest BCUT2D eigenvalue weighted by Crippen LogP contribution is -2.16. The summed E-state index contributed by atoms with van der Waals surface area (Å²) in [6, 6.07) is 3.97. The molecule has 0 bridgehead atoms. The van der Waals surface area contributed by atoms with Crippen LogP contribution in [0, 0.1) is 0 Å². The molecule has 0 spiro atoms. The number of nitrogens with zero attached hydrogens (tertiary/aromatic N) is 3. The zero-order valence-corrected chi connectivity index (χ0v) is 13.8. The van der Waals surface area contributed by atoms with Gasteiger partial charge in [-0.1, -0.05) is 20.8 Å². The Kier molecular flexibility index (Phi) is 5.31. The van der Waals surface area contributed by atoms with Gasteiger partial charge in [-0.2, -0.15) is 5.10 Å². The molecule has 0 aliphatic carbocycles. The van der Waals surface area contributed by atoms with Crippen LogP contribution in [0.5, 0.6) is 0 Å². The van der Waals surface area contributed by atoms with Gasteiger partial charge in [0.15, 0.2) is 5.82 Å². The van der Waals surface area contributed by atoms with Crippen LogP contribution >= 0.6 is 15.9 Å². The van der Waals surface area contributed by atoms with E-state index in [9.17, 15) is 0 Å². The Bertz CT molecular complexity index is 546. The molecular formula is C15H21BrN4. The van der Waals surface area contributed by atoms with Crippen molar-refractivity contribution >= 4 is 15.9 Å². The number of hydrogen-bond donors (Lipinski definition) is 1. The van der Waals surface area contributed by atoms with Crippen molar-refractivity contribution in [1.82, 2.24) is 20.1 Å². The minimum atomic E-state index is 0.404. The van der Waals surface area contributed by atoms with Crippen LogP contribution in [0.3, 0.4) is 0 Å². The molecular weight excluding hydrogens is 316 g/mol. The number of pyridine rings is 1. The van der Waals surface area contributed by atoms with Gasteiger partial charge in [-0.3, -0.25) is 0 Å². The van der Waals surface area contributed by atoms with Crippen LogP contribution in [0.4, 0.5) is 0 Å². The molecule has 0 aliphatic heterocycles. The summed E-state index contributed by atoms with van der Waals surface area (Å²) in [7, 11) is 0. The number of nitrogens with one attached hydrogen (secondary N) is 1. The lowest BCUT2D eigenvalue weighted by Gasteiger charge is -2.12. The van der Waals surface area contributed by atoms with Crippen molar-refractivity contribution < 1.29 is 0 Å². The van der Waals surface area contributed by atoms with Crippen LogP contribution in [0.15, 0.2) is 29.0 Å². The highest BCUT2D eigenvalue weighted by atomic mass is 79.9. The topological polar surface area (TPSA) is 42.7 Å². The van der Waals surface area contributed by atoms with Crippen molar-refractivity contribution in [2.75, 3.05) is 6.54 Å². The van der Waals surface area contributed by atoms with Gasteiger partial charge in [-0.15, -0.1) is 0 Å². The fourth-order valence-corrected chi connectivity index (χ4v) is 2.45. The quantitative estimate of drug-likeness (QED) is 0.818. The van der Waals surface area contributed by atoms with E-state index in [0.717, 1.165) is 29.8 Å². The molecule has 1 N–H and O–H groups in total. The smallest absolute Gasteiger partial charge is 0.153 e. The Balaban J connectivity index is 2.31. The second-order valence-electron chi connectivity index (χ2n) is 5.13. The maximum Gasteiger partial charge on any atom is 0.153 e. The highest BCUT2D eigenvalue weighted by molar-refractivity contribution is 9.10. The van der Waals surface area contributed by atoms with Crippen LogP contribution in [0.25, 0.3) is 5.82 Å². The minimum Gasteiger partial charge on any atom is -0.313 e. The summed E-state index contributed by atoms with van der Waals surface area (Å²) in [6.07, 6.45) is 4.89. The largest absolute Gasteiger partial charge is 0.313 e. The SMILES string of the molecule is CCCNCc1cnn(-c2ccc(Br)cn2)c1C(C)C. The Hall–Kier alpha value is -1.20. The Labute approximate surface area is 128 Å². The van der Waals surface area contributed by atoms with Crippen molar-refractivity contribution in [3.05, 3.63) is 40.3 Å². The van der Waals surface area contributed by atoms with Crippen LogP contribution in [-0.4, -0.2) is 21.3 Å². The zero-order chi connectivity index (χ0) is 14.5. The summed E-state index contributed by atoms with van der Waals surface area (Å²) in [6.45, 7) is 8.44. The van der Waals surface area contributed by atoms with Crippen molar-refractivity contribution in [3.63, 3.8) is 0 Å². The van der Waals surface area contributed by atoms with Gasteiger partial charge in [0.2, 0.25) is 0 Å². The van der Waals surface area contributed by atoms with E-state index in [0.29, 0.717) is 5.92 Å². The summed E-state index contributed by atoms with van der Waals surface area (Å²) in [5.41, 5.74) is 2.47. The molecule has 0 saturated carbocycles. The third-order valence-corrected chi connectivity index (χ3v) is 3.57. The van der Waals surface area contributed by atoms with Crippen molar-refractivity contribution in [3.8, 4) is 5.82 Å². The second kappa shape index (κ2) is 6.99. The van der Waals surface area contributed by atoms with E-state index >= 15 is 0 Å². The minimum absolute atomic E-state index is 0.404. The molecule has 0 aromatic carbocycles. The molecule has 20 heavy (non-hydrogen) atoms. The molecule has 4 nitrogen and oxygen atoms in total. The van der Waals surface area contributed by atoms with Crippen LogP contribution < -0.4 is 5.32 Å². The highest BCUT2D eigenvalue weighted by Gasteiger charge is 2.15. The summed E-state index contributed by atoms with van der Waals surface area (Å²) in [5, 5.41) is 7.95. The number of aromatic nitrogens is 3. The van der Waals surface area contributed by atoms with Crippen molar-refractivity contribution in [1.29, 1.82) is 0 Å². The molecule has 108 valence electrons. The van der Waals surface area contributed by atoms with Gasteiger partial charge in [0, 0.05) is 22.8 Å². The predicted octanol–water partition coefficient (Wildman–Crippen LogP) is 3.65. The molecule has 0 aliphatic rings. The van der Waals surface area contributed by atoms with Crippen LogP contribution in [0.1, 0.15) is 44.4 Å². The van der Waals surface area contributed by atoms with E-state index < -0.39 is 0 Å². The molecule has 0 fully saturated rings. The van der Waals surface area contributed by atoms with Gasteiger partial charge in [-0.25, -0.2) is 9.67 Å². The number of hydrogen-bond acceptors (Lipinski definition) is 3. The Morgan fingerprint density at radius 2 is 2.10 bits per heavy atom. The average Bonchev–Trinajstić information content (AvgIpc) is 2.84. The molecule has 2 rings (SSSR count). The molecule has 0 radical (unpaired) electrons. The Morgan fingerprint density at radius 3 is 2.70 bits per heavy atom. The van der Waals surface area contributed by atoms with Gasteiger partial charge in [0.1, 0.15) is 0 Å². The van der Waals surface area contributed by atoms with E-state index in [4.69, 9.17) is 0 Å². The number of rotatable bonds is 6. The third kappa shape index (κ3) is 3.46. The van der Waals surface area contributed by atoms with Gasteiger partial charge in [0.05, 0.1) is 11.9 Å². The highest BCUT2D eigenvalue weighted by Crippen LogP contribution is 2.22. The second-order valence-corrected chi connectivity index (χ2v) is 6.05. The summed E-state index contributed by atoms with van der Waals surface area (Å²) in [5.74, 6) is 1.26. The molecule has 0 saturated heterocycles. The number of halogens is 1. The third-order valence-electron chi connectivity index (χ3n) is 3.10. The monoisotopic (exact) mass is 336 g/mol. The van der Waals surface area contributed by atoms with Gasteiger partial charge >= 0.3 is 0 Å². The van der Waals surface area contributed by atoms with Crippen LogP contribution in [-0.2, 0) is 6.54 Å². The van der Waals surface area contributed by atoms with Crippen LogP contribution in [0.2, 0.25) is 0 Å². The molecule has 0 unspecified atom stereocenters. The molecule has 2 aromatic rings. The van der Waals surface area contributed by atoms with Gasteiger partial charge in [-0.05, 0) is 46.9 Å². The van der Waals surface area contributed by atoms with E-state index in [1.807, 2.05) is 23.0 Å². The first-order valence-corrected chi connectivity index (χ1v) is 7.82. The molecule has 2 aromatic heterocycles. The average molecular weight is 337 g/mol. The molecule has 0 atom stereocenters. The first-order chi connectivity index (χ1) is 9.63. The maximum absolute atomic E-state index is 4.51. The maximum atomic E-state index is 4.51. The van der Waals surface area contributed by atoms with E-state index in [1.54, 1.807) is 6.20 Å². The molecule has 2 heterocycles. The van der Waals surface area contributed by atoms with Crippen molar-refractivity contribution in [2.45, 2.75) is 39.7 Å². The van der Waals surface area contributed by atoms with Gasteiger partial charge in [0.25, 0.3) is 0 Å². The first-order valence-electron chi connectivity index (χ1n) is 7.03. The zero-order valence-electron chi connectivity index (χ0n) is 12.2. The van der Waals surface area contributed by atoms with E-state index in [1.165, 1.54) is 11.3 Å². The van der Waals surface area contributed by atoms with E-state index in [-0.39, 0.29) is 0 Å². The first kappa shape index (κ1) is 15.2. The predicted molar refractivity (Wildman–Crippen MR) is 85.1 cm³/mol. The summed E-state index contributed by atoms with van der Waals surface area (Å²) >= 11 is 3.41. The normalized spacial score (nSPS) is 11.2. The fraction of sp³-hybridized carbons (Fsp3) is 0.467. The summed E-state index contributed by atoms with van der Waals surface area (Å²) in [4.78, 5) is 4.43. The van der Waals surface area contributed by atoms with Gasteiger partial charge < -0.3 is 5.32 Å². The lowest BCUT2D eigenvalue weighted by molar-refractivity contribution is 0.656. The van der Waals surface area contributed by atoms with E-state index in [2.05, 4.69) is 52.1 Å². The molecule has 5 heteroatoms. The lowest BCUT2D eigenvalue weighted by atomic mass is 10.1. The Morgan fingerprint density at radius 1 is 1.30 bits per heavy atom. The van der Waals surface area contributed by atoms with Crippen molar-refractivity contribution in [2.24, 2.45) is 0 Å². The fourth-order valence-electron chi connectivity index (χ4n) is 2.22. The standard InChI is InChI=1S/C15H21BrN4/c1-4-7-17-8-12-9-19-20(15(12)11(2)3)14-6-5-13(16)10-18-14/h5-6,9-11,17H,4,7-8H2,1-3H3. The molecule has 0 amide bonds. The summed E-state index contributed by atoms with van der Waals surface area (Å²) < 4.78 is 2.92.